The van der Waals surface area contributed by atoms with Crippen molar-refractivity contribution in [2.24, 2.45) is 5.41 Å². The number of rotatable bonds is 5. The molecule has 1 atom stereocenters. The van der Waals surface area contributed by atoms with Gasteiger partial charge in [-0.2, -0.15) is 13.2 Å². The number of alkyl halides is 3. The maximum absolute atomic E-state index is 12.5. The third-order valence-corrected chi connectivity index (χ3v) is 3.59. The van der Waals surface area contributed by atoms with E-state index in [0.717, 1.165) is 0 Å². The first kappa shape index (κ1) is 16.7. The monoisotopic (exact) mass is 296 g/mol. The molecule has 0 aromatic heterocycles. The summed E-state index contributed by atoms with van der Waals surface area (Å²) in [4.78, 5) is 23.5. The largest absolute Gasteiger partial charge is 0.480 e. The zero-order valence-corrected chi connectivity index (χ0v) is 11.3. The Balaban J connectivity index is 2.92. The molecule has 1 saturated heterocycles. The van der Waals surface area contributed by atoms with Crippen LogP contribution >= 0.6 is 0 Å². The lowest BCUT2D eigenvalue weighted by Gasteiger charge is -2.39. The van der Waals surface area contributed by atoms with E-state index in [0.29, 0.717) is 30.7 Å². The Hall–Kier alpha value is -1.31. The first-order valence-corrected chi connectivity index (χ1v) is 6.49. The van der Waals surface area contributed by atoms with Crippen LogP contribution in [-0.4, -0.2) is 54.2 Å². The van der Waals surface area contributed by atoms with Crippen LogP contribution < -0.4 is 5.32 Å². The van der Waals surface area contributed by atoms with Crippen LogP contribution in [0.1, 0.15) is 26.2 Å². The van der Waals surface area contributed by atoms with E-state index in [1.807, 2.05) is 0 Å². The van der Waals surface area contributed by atoms with Gasteiger partial charge in [-0.3, -0.25) is 9.59 Å². The molecule has 20 heavy (non-hydrogen) atoms. The molecule has 1 aliphatic heterocycles. The van der Waals surface area contributed by atoms with Crippen molar-refractivity contribution in [1.82, 2.24) is 10.2 Å². The van der Waals surface area contributed by atoms with Crippen LogP contribution in [0.5, 0.6) is 0 Å². The van der Waals surface area contributed by atoms with Crippen LogP contribution in [0.4, 0.5) is 13.2 Å². The number of carbonyl (C=O) groups is 2. The number of piperidine rings is 1. The van der Waals surface area contributed by atoms with E-state index in [-0.39, 0.29) is 6.54 Å². The molecular weight excluding hydrogens is 277 g/mol. The van der Waals surface area contributed by atoms with Crippen molar-refractivity contribution in [3.05, 3.63) is 0 Å². The van der Waals surface area contributed by atoms with Gasteiger partial charge in [0.15, 0.2) is 0 Å². The van der Waals surface area contributed by atoms with Gasteiger partial charge in [0.05, 0.1) is 5.41 Å². The smallest absolute Gasteiger partial charge is 0.406 e. The second-order valence-electron chi connectivity index (χ2n) is 5.08. The molecule has 1 aliphatic rings. The van der Waals surface area contributed by atoms with E-state index in [2.05, 4.69) is 5.32 Å². The first-order valence-electron chi connectivity index (χ1n) is 6.49. The zero-order chi connectivity index (χ0) is 15.4. The van der Waals surface area contributed by atoms with Crippen molar-refractivity contribution in [1.29, 1.82) is 0 Å². The molecule has 1 heterocycles. The fraction of sp³-hybridized carbons (Fsp3) is 0.833. The van der Waals surface area contributed by atoms with Gasteiger partial charge < -0.3 is 15.3 Å². The predicted molar refractivity (Wildman–Crippen MR) is 65.1 cm³/mol. The quantitative estimate of drug-likeness (QED) is 0.801. The molecule has 1 unspecified atom stereocenters. The number of carboxylic acid groups (broad SMARTS) is 1. The molecule has 2 N–H and O–H groups in total. The molecule has 1 rings (SSSR count). The third kappa shape index (κ3) is 4.36. The lowest BCUT2D eigenvalue weighted by atomic mass is 9.77. The Morgan fingerprint density at radius 3 is 2.45 bits per heavy atom. The highest BCUT2D eigenvalue weighted by molar-refractivity contribution is 5.86. The molecule has 116 valence electrons. The fourth-order valence-corrected chi connectivity index (χ4v) is 2.52. The molecular formula is C12H19F3N2O3. The number of hydrogen-bond acceptors (Lipinski definition) is 3. The number of nitrogens with one attached hydrogen (secondary N) is 1. The highest BCUT2D eigenvalue weighted by Crippen LogP contribution is 2.33. The highest BCUT2D eigenvalue weighted by atomic mass is 19.4. The summed E-state index contributed by atoms with van der Waals surface area (Å²) in [5.74, 6) is -2.18. The van der Waals surface area contributed by atoms with E-state index >= 15 is 0 Å². The van der Waals surface area contributed by atoms with Crippen molar-refractivity contribution < 1.29 is 27.9 Å². The van der Waals surface area contributed by atoms with Gasteiger partial charge in [-0.1, -0.05) is 6.92 Å². The maximum Gasteiger partial charge on any atom is 0.406 e. The second kappa shape index (κ2) is 6.43. The van der Waals surface area contributed by atoms with E-state index < -0.39 is 36.6 Å². The summed E-state index contributed by atoms with van der Waals surface area (Å²) < 4.78 is 37.5. The number of halogens is 3. The van der Waals surface area contributed by atoms with Gasteiger partial charge in [0.2, 0.25) is 5.91 Å². The van der Waals surface area contributed by atoms with Gasteiger partial charge in [0.25, 0.3) is 0 Å². The van der Waals surface area contributed by atoms with Crippen LogP contribution in [0.3, 0.4) is 0 Å². The van der Waals surface area contributed by atoms with Crippen LogP contribution in [0.25, 0.3) is 0 Å². The summed E-state index contributed by atoms with van der Waals surface area (Å²) in [5, 5.41) is 11.7. The van der Waals surface area contributed by atoms with Crippen LogP contribution in [-0.2, 0) is 9.59 Å². The number of carboxylic acids is 1. The number of amides is 1. The minimum atomic E-state index is -4.61. The van der Waals surface area contributed by atoms with Gasteiger partial charge >= 0.3 is 12.1 Å². The molecule has 5 nitrogen and oxygen atoms in total. The molecule has 0 bridgehead atoms. The van der Waals surface area contributed by atoms with Crippen molar-refractivity contribution in [2.45, 2.75) is 32.4 Å². The van der Waals surface area contributed by atoms with Crippen molar-refractivity contribution in [3.8, 4) is 0 Å². The van der Waals surface area contributed by atoms with Gasteiger partial charge in [-0.15, -0.1) is 0 Å². The van der Waals surface area contributed by atoms with Gasteiger partial charge in [0, 0.05) is 6.54 Å². The summed E-state index contributed by atoms with van der Waals surface area (Å²) in [7, 11) is 0. The van der Waals surface area contributed by atoms with E-state index in [4.69, 9.17) is 5.11 Å². The Morgan fingerprint density at radius 2 is 2.05 bits per heavy atom. The van der Waals surface area contributed by atoms with E-state index in [1.165, 1.54) is 0 Å². The summed E-state index contributed by atoms with van der Waals surface area (Å²) in [6.07, 6.45) is -3.06. The van der Waals surface area contributed by atoms with Crippen LogP contribution in [0, 0.1) is 5.41 Å². The van der Waals surface area contributed by atoms with Crippen molar-refractivity contribution in [2.75, 3.05) is 26.2 Å². The number of aliphatic carboxylic acids is 1. The summed E-state index contributed by atoms with van der Waals surface area (Å²) in [6.45, 7) is 0.279. The van der Waals surface area contributed by atoms with E-state index in [1.54, 1.807) is 6.92 Å². The molecule has 0 aromatic rings. The molecule has 0 radical (unpaired) electrons. The number of carbonyl (C=O) groups excluding carboxylic acids is 1. The fourth-order valence-electron chi connectivity index (χ4n) is 2.52. The van der Waals surface area contributed by atoms with Gasteiger partial charge in [0.1, 0.15) is 13.1 Å². The molecule has 8 heteroatoms. The summed E-state index contributed by atoms with van der Waals surface area (Å²) >= 11 is 0. The van der Waals surface area contributed by atoms with Gasteiger partial charge in [-0.05, 0) is 25.8 Å². The predicted octanol–water partition coefficient (Wildman–Crippen LogP) is 1.24. The topological polar surface area (TPSA) is 69.6 Å². The Labute approximate surface area is 115 Å². The Bertz CT molecular complexity index is 365. The standard InChI is InChI=1S/C12H19F3N2O3/c1-2-11(4-3-5-16-7-11)10(20)17(6-9(18)19)8-12(13,14)15/h16H,2-8H2,1H3,(H,18,19). The average Bonchev–Trinajstić information content (AvgIpc) is 2.35. The highest BCUT2D eigenvalue weighted by Gasteiger charge is 2.44. The zero-order valence-electron chi connectivity index (χ0n) is 11.3. The lowest BCUT2D eigenvalue weighted by molar-refractivity contribution is -0.172. The van der Waals surface area contributed by atoms with Crippen LogP contribution in [0.15, 0.2) is 0 Å². The minimum absolute atomic E-state index is 0.288. The van der Waals surface area contributed by atoms with Crippen LogP contribution in [0.2, 0.25) is 0 Å². The number of hydrogen-bond donors (Lipinski definition) is 2. The average molecular weight is 296 g/mol. The Kier molecular flexibility index (Phi) is 5.38. The molecule has 0 aliphatic carbocycles. The molecule has 1 fully saturated rings. The minimum Gasteiger partial charge on any atom is -0.480 e. The van der Waals surface area contributed by atoms with Crippen molar-refractivity contribution in [3.63, 3.8) is 0 Å². The summed E-state index contributed by atoms with van der Waals surface area (Å²) in [5.41, 5.74) is -0.932. The normalized spacial score (nSPS) is 23.4. The van der Waals surface area contributed by atoms with E-state index in [9.17, 15) is 22.8 Å². The lowest BCUT2D eigenvalue weighted by Crippen LogP contribution is -2.54. The third-order valence-electron chi connectivity index (χ3n) is 3.59. The molecule has 0 saturated carbocycles. The maximum atomic E-state index is 12.5. The first-order chi connectivity index (χ1) is 9.20. The Morgan fingerprint density at radius 1 is 1.40 bits per heavy atom. The van der Waals surface area contributed by atoms with Gasteiger partial charge in [-0.25, -0.2) is 0 Å². The molecule has 1 amide bonds. The SMILES string of the molecule is CCC1(C(=O)N(CC(=O)O)CC(F)(F)F)CCCNC1. The van der Waals surface area contributed by atoms with Crippen molar-refractivity contribution >= 4 is 11.9 Å². The number of nitrogens with zero attached hydrogens (tertiary/aromatic N) is 1. The molecule has 0 spiro atoms. The molecule has 0 aromatic carbocycles. The second-order valence-corrected chi connectivity index (χ2v) is 5.08. The summed E-state index contributed by atoms with van der Waals surface area (Å²) in [6, 6.07) is 0.